The predicted octanol–water partition coefficient (Wildman–Crippen LogP) is 20.0. The second-order valence-corrected chi connectivity index (χ2v) is 26.0. The van der Waals surface area contributed by atoms with Gasteiger partial charge in [0, 0.05) is 52.5 Å². The van der Waals surface area contributed by atoms with Crippen LogP contribution in [0.5, 0.6) is 11.5 Å². The second-order valence-electron chi connectivity index (χ2n) is 26.0. The Bertz CT molecular complexity index is 5260. The van der Waals surface area contributed by atoms with Gasteiger partial charge in [-0.25, -0.2) is 4.98 Å². The summed E-state index contributed by atoms with van der Waals surface area (Å²) < 4.78 is 145. The van der Waals surface area contributed by atoms with E-state index in [0.29, 0.717) is 39.3 Å². The van der Waals surface area contributed by atoms with Crippen LogP contribution in [-0.4, -0.2) is 14.1 Å². The molecule has 0 saturated heterocycles. The molecule has 0 amide bonds. The first-order valence-corrected chi connectivity index (χ1v) is 28.1. The molecule has 0 atom stereocenters. The average Bonchev–Trinajstić information content (AvgIpc) is 1.49. The van der Waals surface area contributed by atoms with Crippen molar-refractivity contribution in [2.75, 3.05) is 0 Å². The molecule has 1 aliphatic rings. The van der Waals surface area contributed by atoms with Crippen molar-refractivity contribution in [2.45, 2.75) is 118 Å². The zero-order chi connectivity index (χ0) is 70.0. The van der Waals surface area contributed by atoms with Crippen molar-refractivity contribution in [2.24, 2.45) is 0 Å². The molecule has 6 heteroatoms. The molecular weight excluding hydrogens is 1200 g/mol. The second kappa shape index (κ2) is 20.6. The van der Waals surface area contributed by atoms with Crippen LogP contribution in [0.25, 0.3) is 106 Å². The Kier molecular flexibility index (Phi) is 10.3. The number of ether oxygens (including phenoxy) is 1. The maximum absolute atomic E-state index is 10.2. The Morgan fingerprint density at radius 1 is 0.500 bits per heavy atom. The predicted molar refractivity (Wildman–Crippen MR) is 345 cm³/mol. The number of aromatic nitrogens is 4. The SMILES string of the molecule is [2H]c1c([2H])c([2H])c2c(c1[2H])-c1cc(-c3c(C([2H])([2H])[2H])cccc3C([2H])([2H])[2H])cc(-c3cc(C(C)(C)C)cc(C(C)(C)C)c3)c1-[n+]1[c-]n(-c3[c-]c(Oc4[c-]c5c(cc4)c4ccccc4n5-c4cc(C(C)(C)C)ccn4)ccc3)c3cc(C(C)(C)C)cc(c31)-c1c([2H])c([2H])c([2H])c([2H])c1-2.[Pt]. The van der Waals surface area contributed by atoms with Crippen molar-refractivity contribution in [1.82, 2.24) is 14.1 Å². The van der Waals surface area contributed by atoms with Gasteiger partial charge in [0.05, 0.1) is 27.7 Å². The summed E-state index contributed by atoms with van der Waals surface area (Å²) in [6.45, 7) is 19.3. The molecule has 84 heavy (non-hydrogen) atoms. The summed E-state index contributed by atoms with van der Waals surface area (Å²) >= 11 is 0. The number of nitrogens with zero attached hydrogens (tertiary/aromatic N) is 4. The third-order valence-electron chi connectivity index (χ3n) is 16.1. The van der Waals surface area contributed by atoms with Crippen LogP contribution in [0.4, 0.5) is 0 Å². The molecule has 12 aromatic rings. The molecule has 5 nitrogen and oxygen atoms in total. The van der Waals surface area contributed by atoms with E-state index >= 15 is 0 Å². The minimum absolute atomic E-state index is 0. The summed E-state index contributed by atoms with van der Waals surface area (Å²) in [4.78, 5) is 4.88. The number of para-hydroxylation sites is 1. The molecule has 0 fully saturated rings. The topological polar surface area (TPSA) is 35.9 Å². The molecule has 422 valence electrons. The van der Waals surface area contributed by atoms with Gasteiger partial charge in [-0.05, 0) is 172 Å². The minimum atomic E-state index is -2.89. The number of rotatable bonds is 6. The number of aryl methyl sites for hydroxylation is 2. The van der Waals surface area contributed by atoms with E-state index < -0.39 is 78.3 Å². The standard InChI is InChI=1S/C78H72N4O.Pt/c1-48-23-21-24-49(2)72(48)51-39-65(50-37-53(76(6,7)8)41-54(38-50)77(9,10)11)73-66(40-51)61-29-17-15-27-59(61)60-28-16-18-30-62(60)67-42-55(78(12,13)14)43-70-74(67)81(73)47-80(70)56-25-22-26-57(45-56)83-58-33-34-64-63-31-19-20-32-68(63)82(69(64)46-58)71-44-52(35-36-79-71)75(3,4)5;/h15-44H,1-14H3;/q-2;/i1D3,2D3,15D,16D,17D,18D,27D,28D,29D,30D;. The largest absolute Gasteiger partial charge is 0.510 e. The number of hydrogen-bond donors (Lipinski definition) is 0. The quantitative estimate of drug-likeness (QED) is 0.123. The number of imidazole rings is 1. The van der Waals surface area contributed by atoms with E-state index in [1.807, 2.05) is 93.7 Å². The van der Waals surface area contributed by atoms with E-state index in [9.17, 15) is 11.0 Å². The van der Waals surface area contributed by atoms with E-state index in [2.05, 4.69) is 110 Å². The molecule has 0 unspecified atom stereocenters. The van der Waals surface area contributed by atoms with Crippen molar-refractivity contribution in [1.29, 1.82) is 0 Å². The molecule has 0 radical (unpaired) electrons. The van der Waals surface area contributed by atoms with Crippen LogP contribution in [0, 0.1) is 32.2 Å². The Labute approximate surface area is 530 Å². The molecule has 9 aromatic carbocycles. The minimum Gasteiger partial charge on any atom is -0.510 e. The molecule has 0 aliphatic carbocycles. The summed E-state index contributed by atoms with van der Waals surface area (Å²) in [7, 11) is 0. The first kappa shape index (κ1) is 41.8. The third-order valence-corrected chi connectivity index (χ3v) is 16.1. The van der Waals surface area contributed by atoms with Gasteiger partial charge in [-0.3, -0.25) is 4.57 Å². The van der Waals surface area contributed by atoms with Crippen molar-refractivity contribution >= 4 is 32.8 Å². The fraction of sp³-hybridized carbons (Fsp3) is 0.231. The van der Waals surface area contributed by atoms with Crippen LogP contribution in [0.15, 0.2) is 182 Å². The maximum Gasteiger partial charge on any atom is 0.268 e. The number of fused-ring (bicyclic) bond motifs is 10. The van der Waals surface area contributed by atoms with Crippen LogP contribution in [-0.2, 0) is 42.7 Å². The van der Waals surface area contributed by atoms with Gasteiger partial charge < -0.3 is 13.9 Å². The smallest absolute Gasteiger partial charge is 0.268 e. The summed E-state index contributed by atoms with van der Waals surface area (Å²) in [5, 5.41) is 1.95. The van der Waals surface area contributed by atoms with Crippen LogP contribution < -0.4 is 9.30 Å². The number of pyridine rings is 1. The van der Waals surface area contributed by atoms with Gasteiger partial charge in [-0.2, -0.15) is 18.2 Å². The maximum atomic E-state index is 10.2. The van der Waals surface area contributed by atoms with Gasteiger partial charge >= 0.3 is 0 Å². The summed E-state index contributed by atoms with van der Waals surface area (Å²) in [6.07, 6.45) is 5.55. The van der Waals surface area contributed by atoms with Crippen molar-refractivity contribution < 1.29 is 49.6 Å². The van der Waals surface area contributed by atoms with Crippen LogP contribution in [0.3, 0.4) is 0 Å². The average molecular weight is 1290 g/mol. The molecule has 1 aliphatic heterocycles. The van der Waals surface area contributed by atoms with E-state index in [1.165, 1.54) is 18.2 Å². The molecule has 0 spiro atoms. The van der Waals surface area contributed by atoms with Gasteiger partial charge in [-0.1, -0.05) is 198 Å². The number of hydrogen-bond acceptors (Lipinski definition) is 2. The Morgan fingerprint density at radius 3 is 1.73 bits per heavy atom. The molecule has 0 N–H and O–H groups in total. The fourth-order valence-corrected chi connectivity index (χ4v) is 11.5. The third kappa shape index (κ3) is 9.82. The summed E-state index contributed by atoms with van der Waals surface area (Å²) in [6, 6.07) is 41.3. The summed E-state index contributed by atoms with van der Waals surface area (Å²) in [5.41, 5.74) is 4.87. The first-order valence-electron chi connectivity index (χ1n) is 35.1. The summed E-state index contributed by atoms with van der Waals surface area (Å²) in [5.74, 6) is 1.39. The van der Waals surface area contributed by atoms with Gasteiger partial charge in [0.2, 0.25) is 0 Å². The molecule has 13 rings (SSSR count). The molecule has 3 aromatic heterocycles. The molecule has 4 heterocycles. The van der Waals surface area contributed by atoms with Gasteiger partial charge in [-0.15, -0.1) is 29.7 Å². The van der Waals surface area contributed by atoms with E-state index in [-0.39, 0.29) is 87.8 Å². The Hall–Kier alpha value is -8.11. The Balaban J connectivity index is 0.00000914. The molecular formula is C78H72N4OPt-2. The molecule has 0 bridgehead atoms. The monoisotopic (exact) mass is 1290 g/mol. The van der Waals surface area contributed by atoms with Crippen molar-refractivity contribution in [3.8, 4) is 84.3 Å². The Morgan fingerprint density at radius 2 is 1.08 bits per heavy atom. The van der Waals surface area contributed by atoms with Crippen molar-refractivity contribution in [3.63, 3.8) is 0 Å². The fourth-order valence-electron chi connectivity index (χ4n) is 11.5. The normalized spacial score (nSPS) is 15.2. The van der Waals surface area contributed by atoms with E-state index in [0.717, 1.165) is 49.9 Å². The first-order chi connectivity index (χ1) is 45.2. The number of benzene rings is 9. The molecule has 0 saturated carbocycles. The van der Waals surface area contributed by atoms with Gasteiger partial charge in [0.25, 0.3) is 6.33 Å². The zero-order valence-electron chi connectivity index (χ0n) is 63.2. The van der Waals surface area contributed by atoms with Crippen molar-refractivity contribution in [3.05, 3.63) is 234 Å². The van der Waals surface area contributed by atoms with Crippen LogP contribution >= 0.6 is 0 Å². The van der Waals surface area contributed by atoms with E-state index in [1.54, 1.807) is 27.3 Å². The van der Waals surface area contributed by atoms with Crippen LogP contribution in [0.1, 0.15) is 136 Å². The van der Waals surface area contributed by atoms with Crippen LogP contribution in [0.2, 0.25) is 0 Å². The zero-order valence-corrected chi connectivity index (χ0v) is 51.5. The van der Waals surface area contributed by atoms with Gasteiger partial charge in [0.15, 0.2) is 0 Å². The van der Waals surface area contributed by atoms with Gasteiger partial charge in [0.1, 0.15) is 5.82 Å². The van der Waals surface area contributed by atoms with E-state index in [4.69, 9.17) is 17.9 Å².